The van der Waals surface area contributed by atoms with Gasteiger partial charge in [0.15, 0.2) is 6.10 Å². The lowest BCUT2D eigenvalue weighted by molar-refractivity contribution is -0.167. The average Bonchev–Trinajstić information content (AvgIpc) is 3.39. The van der Waals surface area contributed by atoms with Crippen molar-refractivity contribution >= 4 is 17.9 Å². The fourth-order valence-electron chi connectivity index (χ4n) is 9.20. The molecular weight excluding hydrogens is 901 g/mol. The SMILES string of the molecule is CCCCC/C=C\C/C=C\C/C=C\C/C=C\CCCC(=O)OCC(COC(=O)CCCCCCCCC/C=C\CCCCCCCCCC)OC(=O)CCCCCCCCCCCCCCCCCCCCC. The van der Waals surface area contributed by atoms with Crippen LogP contribution in [0.4, 0.5) is 0 Å². The van der Waals surface area contributed by atoms with Crippen molar-refractivity contribution in [2.45, 2.75) is 335 Å². The van der Waals surface area contributed by atoms with Crippen LogP contribution in [0.1, 0.15) is 329 Å². The minimum absolute atomic E-state index is 0.0904. The molecule has 0 saturated carbocycles. The van der Waals surface area contributed by atoms with Gasteiger partial charge in [-0.05, 0) is 83.5 Å². The molecule has 0 spiro atoms. The fourth-order valence-corrected chi connectivity index (χ4v) is 9.20. The monoisotopic (exact) mass is 1020 g/mol. The molecule has 0 N–H and O–H groups in total. The van der Waals surface area contributed by atoms with Gasteiger partial charge in [0.25, 0.3) is 0 Å². The molecule has 0 fully saturated rings. The van der Waals surface area contributed by atoms with E-state index in [1.807, 2.05) is 0 Å². The van der Waals surface area contributed by atoms with Crippen LogP contribution in [-0.4, -0.2) is 37.2 Å². The highest BCUT2D eigenvalue weighted by atomic mass is 16.6. The second-order valence-corrected chi connectivity index (χ2v) is 21.3. The predicted octanol–water partition coefficient (Wildman–Crippen LogP) is 21.6. The van der Waals surface area contributed by atoms with Gasteiger partial charge < -0.3 is 14.2 Å². The molecular formula is C67H120O6. The van der Waals surface area contributed by atoms with Crippen molar-refractivity contribution in [3.8, 4) is 0 Å². The number of hydrogen-bond acceptors (Lipinski definition) is 6. The minimum atomic E-state index is -0.797. The molecule has 1 unspecified atom stereocenters. The lowest BCUT2D eigenvalue weighted by Crippen LogP contribution is -2.30. The van der Waals surface area contributed by atoms with Crippen LogP contribution in [0.3, 0.4) is 0 Å². The maximum atomic E-state index is 12.9. The Labute approximate surface area is 453 Å². The van der Waals surface area contributed by atoms with Crippen molar-refractivity contribution < 1.29 is 28.6 Å². The van der Waals surface area contributed by atoms with E-state index in [0.717, 1.165) is 64.2 Å². The van der Waals surface area contributed by atoms with Crippen LogP contribution in [0, 0.1) is 0 Å². The molecule has 0 aromatic rings. The first kappa shape index (κ1) is 70.1. The summed E-state index contributed by atoms with van der Waals surface area (Å²) in [4.78, 5) is 38.3. The fraction of sp³-hybridized carbons (Fsp3) is 0.806. The maximum Gasteiger partial charge on any atom is 0.306 e. The van der Waals surface area contributed by atoms with Gasteiger partial charge in [-0.25, -0.2) is 0 Å². The zero-order valence-corrected chi connectivity index (χ0v) is 48.7. The van der Waals surface area contributed by atoms with Crippen molar-refractivity contribution in [3.05, 3.63) is 60.8 Å². The molecule has 0 aliphatic rings. The van der Waals surface area contributed by atoms with Gasteiger partial charge in [0.2, 0.25) is 0 Å². The van der Waals surface area contributed by atoms with Crippen molar-refractivity contribution in [1.82, 2.24) is 0 Å². The van der Waals surface area contributed by atoms with Gasteiger partial charge in [0.1, 0.15) is 13.2 Å². The molecule has 0 amide bonds. The summed E-state index contributed by atoms with van der Waals surface area (Å²) in [5.41, 5.74) is 0. The molecule has 0 rings (SSSR count). The molecule has 0 heterocycles. The van der Waals surface area contributed by atoms with Gasteiger partial charge in [0, 0.05) is 19.3 Å². The largest absolute Gasteiger partial charge is 0.462 e. The van der Waals surface area contributed by atoms with E-state index in [4.69, 9.17) is 14.2 Å². The third-order valence-corrected chi connectivity index (χ3v) is 14.0. The van der Waals surface area contributed by atoms with E-state index in [0.29, 0.717) is 19.3 Å². The first-order valence-corrected chi connectivity index (χ1v) is 31.8. The smallest absolute Gasteiger partial charge is 0.306 e. The quantitative estimate of drug-likeness (QED) is 0.0261. The molecule has 0 saturated heterocycles. The summed E-state index contributed by atoms with van der Waals surface area (Å²) in [6.07, 6.45) is 78.0. The van der Waals surface area contributed by atoms with Crippen LogP contribution < -0.4 is 0 Å². The molecule has 6 heteroatoms. The van der Waals surface area contributed by atoms with Gasteiger partial charge in [-0.1, -0.05) is 287 Å². The molecule has 1 atom stereocenters. The maximum absolute atomic E-state index is 12.9. The van der Waals surface area contributed by atoms with E-state index in [-0.39, 0.29) is 37.5 Å². The Hall–Kier alpha value is -2.89. The van der Waals surface area contributed by atoms with Crippen LogP contribution in [0.15, 0.2) is 60.8 Å². The predicted molar refractivity (Wildman–Crippen MR) is 316 cm³/mol. The number of hydrogen-bond donors (Lipinski definition) is 0. The normalized spacial score (nSPS) is 12.4. The average molecular weight is 1020 g/mol. The Morgan fingerprint density at radius 3 is 0.863 bits per heavy atom. The lowest BCUT2D eigenvalue weighted by Gasteiger charge is -2.18. The van der Waals surface area contributed by atoms with E-state index >= 15 is 0 Å². The number of ether oxygens (including phenoxy) is 3. The summed E-state index contributed by atoms with van der Waals surface area (Å²) in [5.74, 6) is -0.934. The Bertz CT molecular complexity index is 1310. The number of allylic oxidation sites excluding steroid dienone is 10. The highest BCUT2D eigenvalue weighted by molar-refractivity contribution is 5.71. The van der Waals surface area contributed by atoms with E-state index in [9.17, 15) is 14.4 Å². The highest BCUT2D eigenvalue weighted by Crippen LogP contribution is 2.17. The Morgan fingerprint density at radius 2 is 0.507 bits per heavy atom. The molecule has 0 radical (unpaired) electrons. The number of rotatable bonds is 58. The van der Waals surface area contributed by atoms with Crippen molar-refractivity contribution in [3.63, 3.8) is 0 Å². The van der Waals surface area contributed by atoms with Gasteiger partial charge in [-0.2, -0.15) is 0 Å². The molecule has 0 bridgehead atoms. The zero-order valence-electron chi connectivity index (χ0n) is 48.7. The molecule has 73 heavy (non-hydrogen) atoms. The Morgan fingerprint density at radius 1 is 0.274 bits per heavy atom. The van der Waals surface area contributed by atoms with E-state index in [1.54, 1.807) is 0 Å². The van der Waals surface area contributed by atoms with Crippen molar-refractivity contribution in [2.24, 2.45) is 0 Å². The summed E-state index contributed by atoms with van der Waals surface area (Å²) in [7, 11) is 0. The summed E-state index contributed by atoms with van der Waals surface area (Å²) in [6.45, 7) is 6.61. The summed E-state index contributed by atoms with van der Waals surface area (Å²) in [5, 5.41) is 0. The van der Waals surface area contributed by atoms with Crippen LogP contribution in [0.25, 0.3) is 0 Å². The van der Waals surface area contributed by atoms with E-state index in [2.05, 4.69) is 81.5 Å². The van der Waals surface area contributed by atoms with Gasteiger partial charge in [-0.3, -0.25) is 14.4 Å². The molecule has 0 aliphatic heterocycles. The van der Waals surface area contributed by atoms with E-state index in [1.165, 1.54) is 218 Å². The first-order chi connectivity index (χ1) is 36.0. The third-order valence-electron chi connectivity index (χ3n) is 14.0. The Balaban J connectivity index is 4.42. The second kappa shape index (κ2) is 61.7. The summed E-state index contributed by atoms with van der Waals surface area (Å²) >= 11 is 0. The van der Waals surface area contributed by atoms with Gasteiger partial charge >= 0.3 is 17.9 Å². The molecule has 424 valence electrons. The highest BCUT2D eigenvalue weighted by Gasteiger charge is 2.19. The van der Waals surface area contributed by atoms with Crippen molar-refractivity contribution in [1.29, 1.82) is 0 Å². The topological polar surface area (TPSA) is 78.9 Å². The van der Waals surface area contributed by atoms with Crippen LogP contribution in [0.2, 0.25) is 0 Å². The Kier molecular flexibility index (Phi) is 59.2. The van der Waals surface area contributed by atoms with Crippen molar-refractivity contribution in [2.75, 3.05) is 13.2 Å². The van der Waals surface area contributed by atoms with Gasteiger partial charge in [-0.15, -0.1) is 0 Å². The number of unbranched alkanes of at least 4 members (excludes halogenated alkanes) is 37. The summed E-state index contributed by atoms with van der Waals surface area (Å²) in [6, 6.07) is 0. The first-order valence-electron chi connectivity index (χ1n) is 31.8. The van der Waals surface area contributed by atoms with Crippen LogP contribution >= 0.6 is 0 Å². The molecule has 0 aromatic heterocycles. The molecule has 6 nitrogen and oxygen atoms in total. The van der Waals surface area contributed by atoms with Crippen LogP contribution in [-0.2, 0) is 28.6 Å². The van der Waals surface area contributed by atoms with Gasteiger partial charge in [0.05, 0.1) is 0 Å². The standard InChI is InChI=1S/C67H120O6/c1-4-7-10-13-16-19-22-25-28-31-33-36-39-42-45-48-51-54-57-60-66(69)72-63-64(62-71-65(68)59-56-53-50-47-44-41-38-35-30-27-24-21-18-15-12-9-6-3)73-67(70)61-58-55-52-49-46-43-40-37-34-32-29-26-23-20-17-14-11-8-5-2/h18,21,27,30-31,33,38,41,47,50,64H,4-17,19-20,22-26,28-29,32,34-37,39-40,42-46,48-49,51-63H2,1-3H3/b21-18-,30-27-,33-31-,41-38-,50-47-. The minimum Gasteiger partial charge on any atom is -0.462 e. The van der Waals surface area contributed by atoms with E-state index < -0.39 is 6.10 Å². The van der Waals surface area contributed by atoms with Crippen LogP contribution in [0.5, 0.6) is 0 Å². The number of carbonyl (C=O) groups is 3. The lowest BCUT2D eigenvalue weighted by atomic mass is 10.0. The number of carbonyl (C=O) groups excluding carboxylic acids is 3. The number of esters is 3. The molecule has 0 aliphatic carbocycles. The molecule has 0 aromatic carbocycles. The second-order valence-electron chi connectivity index (χ2n) is 21.3. The zero-order chi connectivity index (χ0) is 52.9. The third kappa shape index (κ3) is 59.9. The summed E-state index contributed by atoms with van der Waals surface area (Å²) < 4.78 is 16.9.